The van der Waals surface area contributed by atoms with Crippen molar-refractivity contribution in [3.05, 3.63) is 11.6 Å². The van der Waals surface area contributed by atoms with Crippen LogP contribution >= 0.6 is 0 Å². The van der Waals surface area contributed by atoms with Crippen molar-refractivity contribution >= 4 is 0 Å². The van der Waals surface area contributed by atoms with E-state index in [0.717, 1.165) is 6.42 Å². The van der Waals surface area contributed by atoms with E-state index in [1.54, 1.807) is 0 Å². The smallest absolute Gasteiger partial charge is 0.0465 e. The summed E-state index contributed by atoms with van der Waals surface area (Å²) in [5.74, 6) is 0. The summed E-state index contributed by atoms with van der Waals surface area (Å²) in [6, 6.07) is 0. The maximum absolute atomic E-state index is 8.50. The van der Waals surface area contributed by atoms with Crippen molar-refractivity contribution in [1.29, 1.82) is 0 Å². The number of rotatable bonds is 5. The van der Waals surface area contributed by atoms with Gasteiger partial charge >= 0.3 is 0 Å². The van der Waals surface area contributed by atoms with Gasteiger partial charge in [0.25, 0.3) is 0 Å². The van der Waals surface area contributed by atoms with Gasteiger partial charge in [-0.3, -0.25) is 0 Å². The van der Waals surface area contributed by atoms with Gasteiger partial charge in [0.1, 0.15) is 0 Å². The van der Waals surface area contributed by atoms with Crippen LogP contribution in [0.3, 0.4) is 0 Å². The van der Waals surface area contributed by atoms with Gasteiger partial charge in [-0.25, -0.2) is 0 Å². The molecule has 0 amide bonds. The molecule has 0 bridgehead atoms. The first-order valence-electron chi connectivity index (χ1n) is 4.07. The number of hydrogen-bond donors (Lipinski definition) is 1. The standard InChI is InChI=1S/C9H18O/c1-3-4-6-9(2)7-5-8-10/h7,10H,3-6,8H2,1-2H3/b9-7-. The zero-order valence-corrected chi connectivity index (χ0v) is 7.06. The summed E-state index contributed by atoms with van der Waals surface area (Å²) in [6.07, 6.45) is 6.65. The van der Waals surface area contributed by atoms with Gasteiger partial charge in [-0.05, 0) is 26.2 Å². The molecule has 0 aromatic rings. The second-order valence-electron chi connectivity index (χ2n) is 2.67. The summed E-state index contributed by atoms with van der Waals surface area (Å²) in [4.78, 5) is 0. The van der Waals surface area contributed by atoms with Crippen LogP contribution in [0.5, 0.6) is 0 Å². The third-order valence-corrected chi connectivity index (χ3v) is 1.55. The van der Waals surface area contributed by atoms with Crippen molar-refractivity contribution in [2.75, 3.05) is 6.61 Å². The first-order chi connectivity index (χ1) is 4.81. The number of unbranched alkanes of at least 4 members (excludes halogenated alkanes) is 1. The van der Waals surface area contributed by atoms with Crippen LogP contribution < -0.4 is 0 Å². The van der Waals surface area contributed by atoms with Crippen LogP contribution in [-0.2, 0) is 0 Å². The Morgan fingerprint density at radius 2 is 2.20 bits per heavy atom. The van der Waals surface area contributed by atoms with Gasteiger partial charge < -0.3 is 5.11 Å². The van der Waals surface area contributed by atoms with Crippen LogP contribution in [0.25, 0.3) is 0 Å². The molecular weight excluding hydrogens is 124 g/mol. The van der Waals surface area contributed by atoms with E-state index in [9.17, 15) is 0 Å². The fourth-order valence-electron chi connectivity index (χ4n) is 0.869. The molecule has 0 aliphatic heterocycles. The van der Waals surface area contributed by atoms with Crippen molar-refractivity contribution in [2.45, 2.75) is 39.5 Å². The van der Waals surface area contributed by atoms with E-state index in [1.807, 2.05) is 0 Å². The minimum absolute atomic E-state index is 0.281. The molecule has 0 atom stereocenters. The van der Waals surface area contributed by atoms with Crippen LogP contribution in [0.15, 0.2) is 11.6 Å². The first-order valence-corrected chi connectivity index (χ1v) is 4.07. The Kier molecular flexibility index (Phi) is 6.61. The fourth-order valence-corrected chi connectivity index (χ4v) is 0.869. The van der Waals surface area contributed by atoms with E-state index >= 15 is 0 Å². The highest BCUT2D eigenvalue weighted by molar-refractivity contribution is 4.97. The van der Waals surface area contributed by atoms with Crippen LogP contribution in [0, 0.1) is 0 Å². The van der Waals surface area contributed by atoms with E-state index in [4.69, 9.17) is 5.11 Å². The van der Waals surface area contributed by atoms with Gasteiger partial charge in [0.15, 0.2) is 0 Å². The average Bonchev–Trinajstić information content (AvgIpc) is 1.97. The lowest BCUT2D eigenvalue weighted by molar-refractivity contribution is 0.302. The summed E-state index contributed by atoms with van der Waals surface area (Å²) < 4.78 is 0. The molecule has 0 unspecified atom stereocenters. The van der Waals surface area contributed by atoms with Crippen molar-refractivity contribution in [3.63, 3.8) is 0 Å². The molecule has 0 spiro atoms. The second-order valence-corrected chi connectivity index (χ2v) is 2.67. The number of aliphatic hydroxyl groups is 1. The van der Waals surface area contributed by atoms with Crippen LogP contribution in [0.1, 0.15) is 39.5 Å². The lowest BCUT2D eigenvalue weighted by Gasteiger charge is -1.97. The predicted molar refractivity (Wildman–Crippen MR) is 45.0 cm³/mol. The lowest BCUT2D eigenvalue weighted by atomic mass is 10.1. The third-order valence-electron chi connectivity index (χ3n) is 1.55. The summed E-state index contributed by atoms with van der Waals surface area (Å²) in [5.41, 5.74) is 1.41. The summed E-state index contributed by atoms with van der Waals surface area (Å²) in [7, 11) is 0. The Balaban J connectivity index is 3.30. The molecule has 0 saturated heterocycles. The molecule has 0 heterocycles. The molecular formula is C9H18O. The molecule has 0 aromatic carbocycles. The largest absolute Gasteiger partial charge is 0.396 e. The van der Waals surface area contributed by atoms with Gasteiger partial charge in [0, 0.05) is 6.61 Å². The fraction of sp³-hybridized carbons (Fsp3) is 0.778. The second kappa shape index (κ2) is 6.81. The van der Waals surface area contributed by atoms with Gasteiger partial charge in [-0.2, -0.15) is 0 Å². The highest BCUT2D eigenvalue weighted by Crippen LogP contribution is 2.06. The van der Waals surface area contributed by atoms with E-state index in [-0.39, 0.29) is 6.61 Å². The highest BCUT2D eigenvalue weighted by atomic mass is 16.2. The Morgan fingerprint density at radius 1 is 1.50 bits per heavy atom. The Morgan fingerprint density at radius 3 is 2.70 bits per heavy atom. The number of aliphatic hydroxyl groups excluding tert-OH is 1. The summed E-state index contributed by atoms with van der Waals surface area (Å²) >= 11 is 0. The average molecular weight is 142 g/mol. The molecule has 0 saturated carbocycles. The van der Waals surface area contributed by atoms with E-state index in [2.05, 4.69) is 19.9 Å². The topological polar surface area (TPSA) is 20.2 Å². The van der Waals surface area contributed by atoms with Crippen LogP contribution in [0.2, 0.25) is 0 Å². The molecule has 60 valence electrons. The highest BCUT2D eigenvalue weighted by Gasteiger charge is 1.87. The minimum atomic E-state index is 0.281. The minimum Gasteiger partial charge on any atom is -0.396 e. The molecule has 0 radical (unpaired) electrons. The van der Waals surface area contributed by atoms with Crippen molar-refractivity contribution in [2.24, 2.45) is 0 Å². The van der Waals surface area contributed by atoms with Crippen LogP contribution in [-0.4, -0.2) is 11.7 Å². The van der Waals surface area contributed by atoms with E-state index in [1.165, 1.54) is 24.8 Å². The Bertz CT molecular complexity index is 94.9. The summed E-state index contributed by atoms with van der Waals surface area (Å²) in [6.45, 7) is 4.61. The Hall–Kier alpha value is -0.300. The molecule has 1 N–H and O–H groups in total. The molecule has 0 rings (SSSR count). The van der Waals surface area contributed by atoms with Gasteiger partial charge in [0.05, 0.1) is 0 Å². The molecule has 1 heteroatoms. The van der Waals surface area contributed by atoms with Crippen molar-refractivity contribution < 1.29 is 5.11 Å². The first kappa shape index (κ1) is 9.70. The lowest BCUT2D eigenvalue weighted by Crippen LogP contribution is -1.81. The Labute approximate surface area is 63.8 Å². The van der Waals surface area contributed by atoms with Gasteiger partial charge in [0.2, 0.25) is 0 Å². The van der Waals surface area contributed by atoms with E-state index < -0.39 is 0 Å². The molecule has 0 fully saturated rings. The van der Waals surface area contributed by atoms with Gasteiger partial charge in [-0.1, -0.05) is 25.0 Å². The molecule has 0 aromatic heterocycles. The number of allylic oxidation sites excluding steroid dienone is 1. The maximum Gasteiger partial charge on any atom is 0.0465 e. The zero-order valence-electron chi connectivity index (χ0n) is 7.06. The molecule has 1 nitrogen and oxygen atoms in total. The van der Waals surface area contributed by atoms with Crippen molar-refractivity contribution in [3.8, 4) is 0 Å². The molecule has 0 aliphatic rings. The monoisotopic (exact) mass is 142 g/mol. The maximum atomic E-state index is 8.50. The SMILES string of the molecule is CCCC/C(C)=C\CCO. The zero-order chi connectivity index (χ0) is 7.82. The quantitative estimate of drug-likeness (QED) is 0.585. The van der Waals surface area contributed by atoms with Crippen LogP contribution in [0.4, 0.5) is 0 Å². The van der Waals surface area contributed by atoms with E-state index in [0.29, 0.717) is 0 Å². The van der Waals surface area contributed by atoms with Crippen molar-refractivity contribution in [1.82, 2.24) is 0 Å². The van der Waals surface area contributed by atoms with Gasteiger partial charge in [-0.15, -0.1) is 0 Å². The number of hydrogen-bond acceptors (Lipinski definition) is 1. The summed E-state index contributed by atoms with van der Waals surface area (Å²) in [5, 5.41) is 8.50. The third kappa shape index (κ3) is 5.83. The predicted octanol–water partition coefficient (Wildman–Crippen LogP) is 2.51. The molecule has 0 aliphatic carbocycles. The molecule has 10 heavy (non-hydrogen) atoms. The normalized spacial score (nSPS) is 12.1.